The van der Waals surface area contributed by atoms with E-state index in [1.165, 1.54) is 12.1 Å². The van der Waals surface area contributed by atoms with E-state index in [-0.39, 0.29) is 5.82 Å². The summed E-state index contributed by atoms with van der Waals surface area (Å²) in [4.78, 5) is 7.42. The molecule has 0 saturated carbocycles. The van der Waals surface area contributed by atoms with Gasteiger partial charge in [0.25, 0.3) is 0 Å². The Morgan fingerprint density at radius 1 is 1.50 bits per heavy atom. The summed E-state index contributed by atoms with van der Waals surface area (Å²) >= 11 is 0. The largest absolute Gasteiger partial charge is 0.381 e. The van der Waals surface area contributed by atoms with Gasteiger partial charge in [-0.3, -0.25) is 0 Å². The van der Waals surface area contributed by atoms with E-state index in [0.29, 0.717) is 11.9 Å². The summed E-state index contributed by atoms with van der Waals surface area (Å²) in [5.41, 5.74) is 1.50. The van der Waals surface area contributed by atoms with E-state index in [9.17, 15) is 4.39 Å². The first-order chi connectivity index (χ1) is 8.81. The fourth-order valence-corrected chi connectivity index (χ4v) is 2.27. The molecule has 0 aliphatic carbocycles. The number of hydrogen-bond acceptors (Lipinski definition) is 3. The van der Waals surface area contributed by atoms with Crippen molar-refractivity contribution < 1.29 is 9.13 Å². The third-order valence-corrected chi connectivity index (χ3v) is 3.31. The molecule has 1 fully saturated rings. The van der Waals surface area contributed by atoms with Crippen LogP contribution in [0.4, 0.5) is 10.3 Å². The predicted molar refractivity (Wildman–Crippen MR) is 68.1 cm³/mol. The number of hydrogen-bond donors (Lipinski definition) is 2. The second-order valence-electron chi connectivity index (χ2n) is 4.69. The summed E-state index contributed by atoms with van der Waals surface area (Å²) in [7, 11) is 0. The molecule has 1 saturated heterocycles. The molecule has 3 rings (SSSR count). The fraction of sp³-hybridized carbons (Fsp3) is 0.462. The maximum atomic E-state index is 13.0. The first-order valence-electron chi connectivity index (χ1n) is 6.28. The number of H-pyrrole nitrogens is 1. The molecule has 96 valence electrons. The van der Waals surface area contributed by atoms with Gasteiger partial charge < -0.3 is 15.0 Å². The Balaban J connectivity index is 1.60. The Hall–Kier alpha value is -1.62. The first-order valence-corrected chi connectivity index (χ1v) is 6.28. The Morgan fingerprint density at radius 3 is 3.28 bits per heavy atom. The molecule has 1 aliphatic rings. The summed E-state index contributed by atoms with van der Waals surface area (Å²) in [5.74, 6) is 1.11. The number of rotatable bonds is 4. The number of ether oxygens (including phenoxy) is 1. The molecule has 1 unspecified atom stereocenters. The molecular weight excluding hydrogens is 233 g/mol. The van der Waals surface area contributed by atoms with Crippen LogP contribution in [0.2, 0.25) is 0 Å². The summed E-state index contributed by atoms with van der Waals surface area (Å²) in [6, 6.07) is 4.55. The van der Waals surface area contributed by atoms with E-state index in [2.05, 4.69) is 15.3 Å². The first kappa shape index (κ1) is 11.5. The Bertz CT molecular complexity index is 534. The second-order valence-corrected chi connectivity index (χ2v) is 4.69. The van der Waals surface area contributed by atoms with Crippen molar-refractivity contribution in [2.75, 3.05) is 25.1 Å². The highest BCUT2D eigenvalue weighted by Crippen LogP contribution is 2.18. The molecule has 0 bridgehead atoms. The van der Waals surface area contributed by atoms with Crippen LogP contribution in [0.3, 0.4) is 0 Å². The monoisotopic (exact) mass is 249 g/mol. The van der Waals surface area contributed by atoms with Crippen LogP contribution in [0.25, 0.3) is 11.0 Å². The number of imidazole rings is 1. The van der Waals surface area contributed by atoms with Gasteiger partial charge in [-0.05, 0) is 37.0 Å². The second kappa shape index (κ2) is 4.94. The van der Waals surface area contributed by atoms with Crippen LogP contribution in [0.1, 0.15) is 12.8 Å². The molecule has 5 heteroatoms. The lowest BCUT2D eigenvalue weighted by atomic mass is 10.1. The number of fused-ring (bicyclic) bond motifs is 1. The van der Waals surface area contributed by atoms with Gasteiger partial charge in [0, 0.05) is 19.8 Å². The maximum absolute atomic E-state index is 13.0. The molecule has 1 atom stereocenters. The van der Waals surface area contributed by atoms with Crippen molar-refractivity contribution in [3.8, 4) is 0 Å². The van der Waals surface area contributed by atoms with Crippen molar-refractivity contribution in [3.63, 3.8) is 0 Å². The van der Waals surface area contributed by atoms with Crippen molar-refractivity contribution >= 4 is 17.0 Å². The normalized spacial score (nSPS) is 19.5. The molecule has 1 aromatic carbocycles. The van der Waals surface area contributed by atoms with Gasteiger partial charge >= 0.3 is 0 Å². The fourth-order valence-electron chi connectivity index (χ4n) is 2.27. The van der Waals surface area contributed by atoms with Crippen molar-refractivity contribution in [3.05, 3.63) is 24.0 Å². The van der Waals surface area contributed by atoms with Gasteiger partial charge in [0.15, 0.2) is 0 Å². The molecule has 18 heavy (non-hydrogen) atoms. The minimum Gasteiger partial charge on any atom is -0.381 e. The van der Waals surface area contributed by atoms with E-state index in [0.717, 1.165) is 43.6 Å². The molecule has 0 amide bonds. The van der Waals surface area contributed by atoms with Crippen molar-refractivity contribution in [1.29, 1.82) is 0 Å². The number of benzene rings is 1. The highest BCUT2D eigenvalue weighted by molar-refractivity contribution is 5.77. The highest BCUT2D eigenvalue weighted by atomic mass is 19.1. The van der Waals surface area contributed by atoms with Crippen molar-refractivity contribution in [2.45, 2.75) is 12.8 Å². The van der Waals surface area contributed by atoms with Crippen LogP contribution >= 0.6 is 0 Å². The lowest BCUT2D eigenvalue weighted by Crippen LogP contribution is -2.09. The molecule has 2 heterocycles. The third-order valence-electron chi connectivity index (χ3n) is 3.31. The third kappa shape index (κ3) is 2.46. The number of nitrogens with one attached hydrogen (secondary N) is 2. The smallest absolute Gasteiger partial charge is 0.201 e. The molecular formula is C13H16FN3O. The minimum atomic E-state index is -0.249. The number of halogens is 1. The van der Waals surface area contributed by atoms with Crippen LogP contribution in [-0.4, -0.2) is 29.7 Å². The summed E-state index contributed by atoms with van der Waals surface area (Å²) in [6.45, 7) is 2.61. The Morgan fingerprint density at radius 2 is 2.44 bits per heavy atom. The van der Waals surface area contributed by atoms with E-state index in [1.54, 1.807) is 6.07 Å². The number of aromatic nitrogens is 2. The average Bonchev–Trinajstić information content (AvgIpc) is 2.97. The summed E-state index contributed by atoms with van der Waals surface area (Å²) < 4.78 is 18.3. The maximum Gasteiger partial charge on any atom is 0.201 e. The lowest BCUT2D eigenvalue weighted by molar-refractivity contribution is 0.185. The molecule has 0 spiro atoms. The van der Waals surface area contributed by atoms with Crippen LogP contribution in [-0.2, 0) is 4.74 Å². The molecule has 2 aromatic rings. The quantitative estimate of drug-likeness (QED) is 0.875. The van der Waals surface area contributed by atoms with Gasteiger partial charge in [0.05, 0.1) is 11.0 Å². The van der Waals surface area contributed by atoms with Crippen molar-refractivity contribution in [2.24, 2.45) is 5.92 Å². The van der Waals surface area contributed by atoms with Gasteiger partial charge in [-0.2, -0.15) is 0 Å². The average molecular weight is 249 g/mol. The SMILES string of the molecule is Fc1ccc2nc(NCCC3CCOC3)[nH]c2c1. The molecule has 2 N–H and O–H groups in total. The molecule has 0 radical (unpaired) electrons. The summed E-state index contributed by atoms with van der Waals surface area (Å²) in [5, 5.41) is 3.24. The van der Waals surface area contributed by atoms with Gasteiger partial charge in [-0.25, -0.2) is 9.37 Å². The molecule has 1 aliphatic heterocycles. The van der Waals surface area contributed by atoms with Gasteiger partial charge in [-0.1, -0.05) is 0 Å². The number of aromatic amines is 1. The molecule has 1 aromatic heterocycles. The Labute approximate surface area is 105 Å². The van der Waals surface area contributed by atoms with E-state index < -0.39 is 0 Å². The summed E-state index contributed by atoms with van der Waals surface area (Å²) in [6.07, 6.45) is 2.22. The van der Waals surface area contributed by atoms with Crippen molar-refractivity contribution in [1.82, 2.24) is 9.97 Å². The van der Waals surface area contributed by atoms with E-state index >= 15 is 0 Å². The highest BCUT2D eigenvalue weighted by Gasteiger charge is 2.14. The van der Waals surface area contributed by atoms with Crippen LogP contribution in [0.5, 0.6) is 0 Å². The van der Waals surface area contributed by atoms with E-state index in [4.69, 9.17) is 4.74 Å². The standard InChI is InChI=1S/C13H16FN3O/c14-10-1-2-11-12(7-10)17-13(16-11)15-5-3-9-4-6-18-8-9/h1-2,7,9H,3-6,8H2,(H2,15,16,17). The number of nitrogens with zero attached hydrogens (tertiary/aromatic N) is 1. The Kier molecular flexibility index (Phi) is 3.15. The van der Waals surface area contributed by atoms with E-state index in [1.807, 2.05) is 0 Å². The van der Waals surface area contributed by atoms with Gasteiger partial charge in [-0.15, -0.1) is 0 Å². The van der Waals surface area contributed by atoms with Crippen LogP contribution < -0.4 is 5.32 Å². The molecule has 4 nitrogen and oxygen atoms in total. The minimum absolute atomic E-state index is 0.249. The zero-order chi connectivity index (χ0) is 12.4. The van der Waals surface area contributed by atoms with Gasteiger partial charge in [0.2, 0.25) is 5.95 Å². The zero-order valence-corrected chi connectivity index (χ0v) is 10.1. The number of anilines is 1. The van der Waals surface area contributed by atoms with Crippen LogP contribution in [0, 0.1) is 11.7 Å². The zero-order valence-electron chi connectivity index (χ0n) is 10.1. The topological polar surface area (TPSA) is 49.9 Å². The predicted octanol–water partition coefficient (Wildman–Crippen LogP) is 2.54. The lowest BCUT2D eigenvalue weighted by Gasteiger charge is -2.07. The van der Waals surface area contributed by atoms with Gasteiger partial charge in [0.1, 0.15) is 5.82 Å². The van der Waals surface area contributed by atoms with Crippen LogP contribution in [0.15, 0.2) is 18.2 Å².